The van der Waals surface area contributed by atoms with Gasteiger partial charge in [0, 0.05) is 31.0 Å². The molecule has 0 aliphatic heterocycles. The number of nitrogens with zero attached hydrogens (tertiary/aromatic N) is 3. The first-order chi connectivity index (χ1) is 10.1. The zero-order chi connectivity index (χ0) is 15.2. The van der Waals surface area contributed by atoms with Gasteiger partial charge in [-0.05, 0) is 30.7 Å². The highest BCUT2D eigenvalue weighted by atomic mass is 16.2. The van der Waals surface area contributed by atoms with Crippen molar-refractivity contribution in [2.45, 2.75) is 19.9 Å². The monoisotopic (exact) mass is 282 g/mol. The molecule has 6 heteroatoms. The molecule has 0 saturated carbocycles. The van der Waals surface area contributed by atoms with Gasteiger partial charge in [-0.25, -0.2) is 9.78 Å². The van der Waals surface area contributed by atoms with Gasteiger partial charge in [-0.3, -0.25) is 9.36 Å². The fraction of sp³-hybridized carbons (Fsp3) is 0.200. The number of nitrogens with one attached hydrogen (secondary N) is 1. The number of benzene rings is 1. The molecule has 1 heterocycles. The first-order valence-corrected chi connectivity index (χ1v) is 6.41. The molecular formula is C15H14N4O2. The standard InChI is InChI=1S/C15H14N4O2/c1-11-9-17-15(21)19(10-11)6-5-14(20)18-13-4-2-3-12(7-13)8-16/h2-4,7,9-10H,5-6H2,1H3,(H,18,20). The average molecular weight is 282 g/mol. The van der Waals surface area contributed by atoms with Crippen molar-refractivity contribution in [1.82, 2.24) is 9.55 Å². The van der Waals surface area contributed by atoms with Crippen LogP contribution in [0.5, 0.6) is 0 Å². The molecule has 0 atom stereocenters. The maximum absolute atomic E-state index is 11.9. The molecule has 1 aromatic heterocycles. The van der Waals surface area contributed by atoms with Crippen molar-refractivity contribution in [3.05, 3.63) is 58.3 Å². The van der Waals surface area contributed by atoms with Gasteiger partial charge in [0.15, 0.2) is 0 Å². The van der Waals surface area contributed by atoms with Crippen molar-refractivity contribution in [3.8, 4) is 6.07 Å². The molecule has 0 bridgehead atoms. The topological polar surface area (TPSA) is 87.8 Å². The van der Waals surface area contributed by atoms with Crippen LogP contribution in [0.25, 0.3) is 0 Å². The molecule has 1 amide bonds. The Kier molecular flexibility index (Phi) is 4.46. The number of hydrogen-bond donors (Lipinski definition) is 1. The number of anilines is 1. The maximum atomic E-state index is 11.9. The van der Waals surface area contributed by atoms with Gasteiger partial charge in [0.25, 0.3) is 0 Å². The minimum Gasteiger partial charge on any atom is -0.326 e. The van der Waals surface area contributed by atoms with Crippen LogP contribution in [0.15, 0.2) is 41.5 Å². The van der Waals surface area contributed by atoms with Crippen molar-refractivity contribution in [1.29, 1.82) is 5.26 Å². The molecule has 2 rings (SSSR count). The molecule has 21 heavy (non-hydrogen) atoms. The van der Waals surface area contributed by atoms with Crippen LogP contribution < -0.4 is 11.0 Å². The fourth-order valence-electron chi connectivity index (χ4n) is 1.84. The van der Waals surface area contributed by atoms with Gasteiger partial charge in [0.1, 0.15) is 0 Å². The van der Waals surface area contributed by atoms with E-state index in [1.165, 1.54) is 10.8 Å². The molecule has 6 nitrogen and oxygen atoms in total. The van der Waals surface area contributed by atoms with Crippen molar-refractivity contribution in [3.63, 3.8) is 0 Å². The quantitative estimate of drug-likeness (QED) is 0.919. The Morgan fingerprint density at radius 1 is 1.48 bits per heavy atom. The molecule has 0 spiro atoms. The molecule has 1 aromatic carbocycles. The lowest BCUT2D eigenvalue weighted by Gasteiger charge is -2.07. The summed E-state index contributed by atoms with van der Waals surface area (Å²) in [6.07, 6.45) is 3.31. The fourth-order valence-corrected chi connectivity index (χ4v) is 1.84. The summed E-state index contributed by atoms with van der Waals surface area (Å²) >= 11 is 0. The SMILES string of the molecule is Cc1cnc(=O)n(CCC(=O)Nc2cccc(C#N)c2)c1. The summed E-state index contributed by atoms with van der Waals surface area (Å²) in [6, 6.07) is 8.67. The van der Waals surface area contributed by atoms with Crippen molar-refractivity contribution in [2.75, 3.05) is 5.32 Å². The minimum atomic E-state index is -0.375. The molecule has 106 valence electrons. The van der Waals surface area contributed by atoms with Crippen LogP contribution in [0.2, 0.25) is 0 Å². The van der Waals surface area contributed by atoms with E-state index in [2.05, 4.69) is 10.3 Å². The Morgan fingerprint density at radius 2 is 2.29 bits per heavy atom. The number of amides is 1. The highest BCUT2D eigenvalue weighted by Gasteiger charge is 2.05. The smallest absolute Gasteiger partial charge is 0.326 e. The van der Waals surface area contributed by atoms with Gasteiger partial charge in [-0.1, -0.05) is 6.07 Å². The summed E-state index contributed by atoms with van der Waals surface area (Å²) in [6.45, 7) is 2.09. The normalized spacial score (nSPS) is 9.90. The second-order valence-corrected chi connectivity index (χ2v) is 4.60. The lowest BCUT2D eigenvalue weighted by atomic mass is 10.2. The Morgan fingerprint density at radius 3 is 3.05 bits per heavy atom. The number of hydrogen-bond acceptors (Lipinski definition) is 4. The third kappa shape index (κ3) is 4.01. The lowest BCUT2D eigenvalue weighted by Crippen LogP contribution is -2.25. The van der Waals surface area contributed by atoms with E-state index in [4.69, 9.17) is 5.26 Å². The van der Waals surface area contributed by atoms with Crippen LogP contribution in [-0.2, 0) is 11.3 Å². The molecule has 0 radical (unpaired) electrons. The second kappa shape index (κ2) is 6.48. The third-order valence-corrected chi connectivity index (χ3v) is 2.84. The number of aryl methyl sites for hydroxylation is 2. The van der Waals surface area contributed by atoms with E-state index >= 15 is 0 Å². The van der Waals surface area contributed by atoms with E-state index in [1.807, 2.05) is 13.0 Å². The summed E-state index contributed by atoms with van der Waals surface area (Å²) in [7, 11) is 0. The second-order valence-electron chi connectivity index (χ2n) is 4.60. The highest BCUT2D eigenvalue weighted by Crippen LogP contribution is 2.10. The summed E-state index contributed by atoms with van der Waals surface area (Å²) in [5.41, 5.74) is 1.53. The van der Waals surface area contributed by atoms with E-state index in [9.17, 15) is 9.59 Å². The number of carbonyl (C=O) groups excluding carboxylic acids is 1. The van der Waals surface area contributed by atoms with E-state index in [0.717, 1.165) is 5.56 Å². The Labute approximate surface area is 121 Å². The predicted octanol–water partition coefficient (Wildman–Crippen LogP) is 1.45. The summed E-state index contributed by atoms with van der Waals surface area (Å²) in [5.74, 6) is -0.224. The highest BCUT2D eigenvalue weighted by molar-refractivity contribution is 5.90. The van der Waals surface area contributed by atoms with Crippen LogP contribution in [0, 0.1) is 18.3 Å². The van der Waals surface area contributed by atoms with Gasteiger partial charge in [-0.2, -0.15) is 5.26 Å². The Balaban J connectivity index is 1.97. The van der Waals surface area contributed by atoms with Crippen LogP contribution in [0.1, 0.15) is 17.5 Å². The van der Waals surface area contributed by atoms with E-state index in [1.54, 1.807) is 30.5 Å². The molecule has 0 aliphatic rings. The zero-order valence-electron chi connectivity index (χ0n) is 11.5. The van der Waals surface area contributed by atoms with Gasteiger partial charge >= 0.3 is 5.69 Å². The molecule has 0 saturated heterocycles. The Hall–Kier alpha value is -2.94. The Bertz CT molecular complexity index is 759. The number of carbonyl (C=O) groups is 1. The van der Waals surface area contributed by atoms with Crippen LogP contribution in [-0.4, -0.2) is 15.5 Å². The predicted molar refractivity (Wildman–Crippen MR) is 77.6 cm³/mol. The first-order valence-electron chi connectivity index (χ1n) is 6.41. The molecule has 0 unspecified atom stereocenters. The van der Waals surface area contributed by atoms with Crippen LogP contribution >= 0.6 is 0 Å². The van der Waals surface area contributed by atoms with E-state index in [0.29, 0.717) is 11.3 Å². The summed E-state index contributed by atoms with van der Waals surface area (Å²) in [4.78, 5) is 27.1. The zero-order valence-corrected chi connectivity index (χ0v) is 11.5. The van der Waals surface area contributed by atoms with Crippen molar-refractivity contribution < 1.29 is 4.79 Å². The average Bonchev–Trinajstić information content (AvgIpc) is 2.48. The van der Waals surface area contributed by atoms with Gasteiger partial charge in [0.05, 0.1) is 11.6 Å². The van der Waals surface area contributed by atoms with Gasteiger partial charge in [-0.15, -0.1) is 0 Å². The summed E-state index contributed by atoms with van der Waals surface area (Å²) in [5, 5.41) is 11.5. The first kappa shape index (κ1) is 14.5. The van der Waals surface area contributed by atoms with Crippen molar-refractivity contribution in [2.24, 2.45) is 0 Å². The van der Waals surface area contributed by atoms with Crippen LogP contribution in [0.3, 0.4) is 0 Å². The van der Waals surface area contributed by atoms with Crippen LogP contribution in [0.4, 0.5) is 5.69 Å². The van der Waals surface area contributed by atoms with Gasteiger partial charge < -0.3 is 5.32 Å². The van der Waals surface area contributed by atoms with Crippen molar-refractivity contribution >= 4 is 11.6 Å². The number of aromatic nitrogens is 2. The molecular weight excluding hydrogens is 268 g/mol. The molecule has 2 aromatic rings. The molecule has 0 aliphatic carbocycles. The maximum Gasteiger partial charge on any atom is 0.347 e. The van der Waals surface area contributed by atoms with E-state index in [-0.39, 0.29) is 24.6 Å². The number of nitriles is 1. The van der Waals surface area contributed by atoms with Gasteiger partial charge in [0.2, 0.25) is 5.91 Å². The molecule has 0 fully saturated rings. The minimum absolute atomic E-state index is 0.155. The lowest BCUT2D eigenvalue weighted by molar-refractivity contribution is -0.116. The summed E-state index contributed by atoms with van der Waals surface area (Å²) < 4.78 is 1.40. The van der Waals surface area contributed by atoms with E-state index < -0.39 is 0 Å². The largest absolute Gasteiger partial charge is 0.347 e. The molecule has 1 N–H and O–H groups in total. The number of rotatable bonds is 4. The third-order valence-electron chi connectivity index (χ3n) is 2.84.